The van der Waals surface area contributed by atoms with Crippen molar-refractivity contribution in [3.8, 4) is 11.4 Å². The third-order valence-corrected chi connectivity index (χ3v) is 8.81. The van der Waals surface area contributed by atoms with Crippen LogP contribution in [-0.4, -0.2) is 109 Å². The minimum atomic E-state index is -2.60. The molecule has 0 radical (unpaired) electrons. The van der Waals surface area contributed by atoms with Crippen molar-refractivity contribution in [3.63, 3.8) is 0 Å². The van der Waals surface area contributed by atoms with E-state index in [2.05, 4.69) is 15.0 Å². The lowest BCUT2D eigenvalue weighted by molar-refractivity contribution is -0.0582. The number of likely N-dealkylation sites (N-methyl/N-ethyl adjacent to an activating group) is 1. The van der Waals surface area contributed by atoms with E-state index in [1.165, 1.54) is 17.1 Å². The van der Waals surface area contributed by atoms with Crippen LogP contribution in [0.4, 0.5) is 13.6 Å². The van der Waals surface area contributed by atoms with Gasteiger partial charge in [0, 0.05) is 52.1 Å². The zero-order chi connectivity index (χ0) is 29.5. The summed E-state index contributed by atoms with van der Waals surface area (Å²) in [5.41, 5.74) is -0.366. The van der Waals surface area contributed by atoms with Crippen LogP contribution in [-0.2, 0) is 6.54 Å². The maximum Gasteiger partial charge on any atom is 0.320 e. The molecule has 11 nitrogen and oxygen atoms in total. The molecule has 6 rings (SSSR count). The molecule has 0 atom stereocenters. The van der Waals surface area contributed by atoms with Crippen LogP contribution in [0.15, 0.2) is 41.6 Å². The van der Waals surface area contributed by atoms with Gasteiger partial charge in [-0.1, -0.05) is 0 Å². The monoisotopic (exact) mass is 585 g/mol. The summed E-state index contributed by atoms with van der Waals surface area (Å²) in [6.45, 7) is 4.04. The van der Waals surface area contributed by atoms with Gasteiger partial charge in [-0.05, 0) is 57.0 Å². The molecule has 2 aliphatic heterocycles. The van der Waals surface area contributed by atoms with Gasteiger partial charge < -0.3 is 24.5 Å². The highest BCUT2D eigenvalue weighted by molar-refractivity contribution is 5.75. The van der Waals surface area contributed by atoms with Gasteiger partial charge in [0.2, 0.25) is 5.92 Å². The van der Waals surface area contributed by atoms with Gasteiger partial charge in [-0.2, -0.15) is 5.10 Å². The van der Waals surface area contributed by atoms with Crippen LogP contribution in [0.1, 0.15) is 38.5 Å². The number of piperazine rings is 1. The molecule has 2 aromatic heterocycles. The van der Waals surface area contributed by atoms with Gasteiger partial charge in [0.15, 0.2) is 5.65 Å². The van der Waals surface area contributed by atoms with Crippen LogP contribution in [0.2, 0.25) is 0 Å². The largest absolute Gasteiger partial charge is 0.490 e. The highest BCUT2D eigenvalue weighted by Gasteiger charge is 2.37. The summed E-state index contributed by atoms with van der Waals surface area (Å²) >= 11 is 0. The number of aromatic nitrogens is 4. The Morgan fingerprint density at radius 1 is 1.00 bits per heavy atom. The molecule has 42 heavy (non-hydrogen) atoms. The molecule has 0 unspecified atom stereocenters. The summed E-state index contributed by atoms with van der Waals surface area (Å²) in [6.07, 6.45) is 3.71. The number of ether oxygens (including phenoxy) is 1. The van der Waals surface area contributed by atoms with Crippen LogP contribution in [0.25, 0.3) is 16.7 Å². The smallest absolute Gasteiger partial charge is 0.320 e. The summed E-state index contributed by atoms with van der Waals surface area (Å²) in [6, 6.07) is 7.09. The normalized spacial score (nSPS) is 21.5. The molecule has 1 saturated carbocycles. The van der Waals surface area contributed by atoms with Crippen molar-refractivity contribution >= 4 is 17.1 Å². The van der Waals surface area contributed by atoms with E-state index in [0.29, 0.717) is 74.3 Å². The van der Waals surface area contributed by atoms with Gasteiger partial charge in [0.1, 0.15) is 17.5 Å². The van der Waals surface area contributed by atoms with E-state index in [9.17, 15) is 23.5 Å². The van der Waals surface area contributed by atoms with Crippen LogP contribution in [0.5, 0.6) is 5.75 Å². The van der Waals surface area contributed by atoms with Crippen LogP contribution >= 0.6 is 0 Å². The van der Waals surface area contributed by atoms with Crippen molar-refractivity contribution in [1.29, 1.82) is 0 Å². The molecule has 226 valence electrons. The Balaban J connectivity index is 1.09. The van der Waals surface area contributed by atoms with E-state index in [4.69, 9.17) is 4.74 Å². The van der Waals surface area contributed by atoms with E-state index >= 15 is 0 Å². The minimum absolute atomic E-state index is 0.0102. The average molecular weight is 586 g/mol. The second-order valence-corrected chi connectivity index (χ2v) is 11.9. The predicted octanol–water partition coefficient (Wildman–Crippen LogP) is 2.73. The highest BCUT2D eigenvalue weighted by atomic mass is 19.3. The summed E-state index contributed by atoms with van der Waals surface area (Å²) in [5, 5.41) is 16.0. The lowest BCUT2D eigenvalue weighted by Gasteiger charge is -2.41. The number of piperidine rings is 1. The van der Waals surface area contributed by atoms with Gasteiger partial charge in [-0.3, -0.25) is 9.36 Å². The number of carbonyl (C=O) groups excluding carboxylic acids is 1. The average Bonchev–Trinajstić information content (AvgIpc) is 3.41. The number of hydrogen-bond acceptors (Lipinski definition) is 7. The second kappa shape index (κ2) is 11.3. The Bertz CT molecular complexity index is 1470. The van der Waals surface area contributed by atoms with Crippen molar-refractivity contribution in [2.24, 2.45) is 0 Å². The standard InChI is InChI=1S/C29H37F2N7O4/c1-34-14-16-36(17-15-34)27(40)35-12-10-28(41,11-13-35)19-37-20-32-25-24(26(37)39)18-33-38(25)21-2-4-22(5-3-21)42-23-6-8-29(30,31)9-7-23/h2-5,18,20,23,41H,6-17,19H2,1H3. The molecule has 4 heterocycles. The van der Waals surface area contributed by atoms with Gasteiger partial charge in [0.25, 0.3) is 5.56 Å². The molecule has 3 aliphatic rings. The van der Waals surface area contributed by atoms with Crippen LogP contribution < -0.4 is 10.3 Å². The molecule has 0 bridgehead atoms. The van der Waals surface area contributed by atoms with Crippen LogP contribution in [0, 0.1) is 0 Å². The zero-order valence-electron chi connectivity index (χ0n) is 23.8. The summed E-state index contributed by atoms with van der Waals surface area (Å²) in [7, 11) is 2.05. The molecule has 3 aromatic rings. The lowest BCUT2D eigenvalue weighted by atomic mass is 9.91. The number of likely N-dealkylation sites (tertiary alicyclic amines) is 1. The van der Waals surface area contributed by atoms with Crippen molar-refractivity contribution in [1.82, 2.24) is 34.0 Å². The van der Waals surface area contributed by atoms with Crippen molar-refractivity contribution in [3.05, 3.63) is 47.1 Å². The third kappa shape index (κ3) is 5.98. The van der Waals surface area contributed by atoms with Gasteiger partial charge in [-0.15, -0.1) is 0 Å². The van der Waals surface area contributed by atoms with Gasteiger partial charge in [0.05, 0.1) is 30.1 Å². The molecular formula is C29H37F2N7O4. The Kier molecular flexibility index (Phi) is 7.64. The van der Waals surface area contributed by atoms with Gasteiger partial charge >= 0.3 is 6.03 Å². The first-order chi connectivity index (χ1) is 20.1. The fraction of sp³-hybridized carbons (Fsp3) is 0.586. The number of hydrogen-bond donors (Lipinski definition) is 1. The van der Waals surface area contributed by atoms with E-state index < -0.39 is 11.5 Å². The number of amides is 2. The number of urea groups is 1. The fourth-order valence-electron chi connectivity index (χ4n) is 6.03. The van der Waals surface area contributed by atoms with E-state index in [1.54, 1.807) is 33.8 Å². The summed E-state index contributed by atoms with van der Waals surface area (Å²) in [5.74, 6) is -2.01. The van der Waals surface area contributed by atoms with Crippen LogP contribution in [0.3, 0.4) is 0 Å². The first-order valence-electron chi connectivity index (χ1n) is 14.6. The Morgan fingerprint density at radius 2 is 1.64 bits per heavy atom. The molecule has 0 spiro atoms. The zero-order valence-corrected chi connectivity index (χ0v) is 23.8. The molecule has 1 aromatic carbocycles. The third-order valence-electron chi connectivity index (χ3n) is 8.81. The number of nitrogens with zero attached hydrogens (tertiary/aromatic N) is 7. The number of alkyl halides is 2. The minimum Gasteiger partial charge on any atom is -0.490 e. The summed E-state index contributed by atoms with van der Waals surface area (Å²) < 4.78 is 35.7. The van der Waals surface area contributed by atoms with Gasteiger partial charge in [-0.25, -0.2) is 23.2 Å². The maximum absolute atomic E-state index is 13.4. The second-order valence-electron chi connectivity index (χ2n) is 11.9. The van der Waals surface area contributed by atoms with Crippen molar-refractivity contribution < 1.29 is 23.4 Å². The fourth-order valence-corrected chi connectivity index (χ4v) is 6.03. The topological polar surface area (TPSA) is 109 Å². The number of aliphatic hydroxyl groups is 1. The molecule has 1 N–H and O–H groups in total. The Hall–Kier alpha value is -3.58. The van der Waals surface area contributed by atoms with Crippen molar-refractivity contribution in [2.45, 2.75) is 62.7 Å². The number of benzene rings is 1. The highest BCUT2D eigenvalue weighted by Crippen LogP contribution is 2.35. The Labute approximate surface area is 242 Å². The van der Waals surface area contributed by atoms with E-state index in [1.807, 2.05) is 11.9 Å². The van der Waals surface area contributed by atoms with E-state index in [0.717, 1.165) is 13.1 Å². The summed E-state index contributed by atoms with van der Waals surface area (Å²) in [4.78, 5) is 36.6. The molecule has 3 fully saturated rings. The molecule has 2 amide bonds. The first-order valence-corrected chi connectivity index (χ1v) is 14.6. The number of halogens is 2. The quantitative estimate of drug-likeness (QED) is 0.491. The molecule has 2 saturated heterocycles. The first kappa shape index (κ1) is 28.5. The number of rotatable bonds is 5. The molecular weight excluding hydrogens is 548 g/mol. The lowest BCUT2D eigenvalue weighted by Crippen LogP contribution is -2.56. The predicted molar refractivity (Wildman–Crippen MR) is 151 cm³/mol. The SMILES string of the molecule is CN1CCN(C(=O)N2CCC(O)(Cn3cnc4c(cnn4-c4ccc(OC5CCC(F)(F)CC5)cc4)c3=O)CC2)CC1. The maximum atomic E-state index is 13.4. The Morgan fingerprint density at radius 3 is 2.31 bits per heavy atom. The number of fused-ring (bicyclic) bond motifs is 1. The molecule has 1 aliphatic carbocycles. The number of carbonyl (C=O) groups is 1. The van der Waals surface area contributed by atoms with E-state index in [-0.39, 0.29) is 37.1 Å². The van der Waals surface area contributed by atoms with Crippen molar-refractivity contribution in [2.75, 3.05) is 46.3 Å². The molecule has 13 heteroatoms.